The minimum absolute atomic E-state index is 0.0914. The first-order valence-electron chi connectivity index (χ1n) is 9.53. The summed E-state index contributed by atoms with van der Waals surface area (Å²) in [6, 6.07) is 19.5. The normalized spacial score (nSPS) is 10.7. The average Bonchev–Trinajstić information content (AvgIpc) is 3.19. The van der Waals surface area contributed by atoms with Gasteiger partial charge in [0, 0.05) is 23.6 Å². The van der Waals surface area contributed by atoms with Gasteiger partial charge in [0.15, 0.2) is 11.0 Å². The lowest BCUT2D eigenvalue weighted by atomic mass is 10.1. The van der Waals surface area contributed by atoms with Crippen molar-refractivity contribution in [3.05, 3.63) is 84.2 Å². The quantitative estimate of drug-likeness (QED) is 0.463. The summed E-state index contributed by atoms with van der Waals surface area (Å²) in [4.78, 5) is 16.5. The SMILES string of the molecule is Cc1ccc(-n2c(SCC(=O)Nc3ccccc3)nnc2-c2ccncc2)cc1C. The Morgan fingerprint density at radius 2 is 1.73 bits per heavy atom. The summed E-state index contributed by atoms with van der Waals surface area (Å²) < 4.78 is 1.99. The fourth-order valence-electron chi connectivity index (χ4n) is 3.00. The number of rotatable bonds is 6. The van der Waals surface area contributed by atoms with Crippen molar-refractivity contribution in [2.24, 2.45) is 0 Å². The lowest BCUT2D eigenvalue weighted by molar-refractivity contribution is -0.113. The zero-order valence-corrected chi connectivity index (χ0v) is 17.6. The van der Waals surface area contributed by atoms with Gasteiger partial charge in [0.25, 0.3) is 0 Å². The standard InChI is InChI=1S/C23H21N5OS/c1-16-8-9-20(14-17(16)2)28-22(18-10-12-24-13-11-18)26-27-23(28)30-15-21(29)25-19-6-4-3-5-7-19/h3-14H,15H2,1-2H3,(H,25,29). The lowest BCUT2D eigenvalue weighted by Gasteiger charge is -2.12. The van der Waals surface area contributed by atoms with Crippen molar-refractivity contribution >= 4 is 23.4 Å². The molecule has 150 valence electrons. The van der Waals surface area contributed by atoms with Crippen LogP contribution < -0.4 is 5.32 Å². The molecular weight excluding hydrogens is 394 g/mol. The number of nitrogens with one attached hydrogen (secondary N) is 1. The van der Waals surface area contributed by atoms with Gasteiger partial charge in [-0.3, -0.25) is 14.3 Å². The van der Waals surface area contributed by atoms with Gasteiger partial charge in [-0.25, -0.2) is 0 Å². The number of benzene rings is 2. The van der Waals surface area contributed by atoms with Crippen LogP contribution in [0.1, 0.15) is 11.1 Å². The van der Waals surface area contributed by atoms with Crippen LogP contribution in [0.25, 0.3) is 17.1 Å². The third kappa shape index (κ3) is 4.41. The molecule has 1 N–H and O–H groups in total. The molecule has 0 fully saturated rings. The molecule has 0 aliphatic heterocycles. The van der Waals surface area contributed by atoms with Crippen LogP contribution in [0.3, 0.4) is 0 Å². The molecule has 6 nitrogen and oxygen atoms in total. The van der Waals surface area contributed by atoms with E-state index in [0.717, 1.165) is 16.9 Å². The van der Waals surface area contributed by atoms with E-state index in [9.17, 15) is 4.79 Å². The van der Waals surface area contributed by atoms with Crippen molar-refractivity contribution in [1.82, 2.24) is 19.7 Å². The summed E-state index contributed by atoms with van der Waals surface area (Å²) in [7, 11) is 0. The van der Waals surface area contributed by atoms with Gasteiger partial charge in [0.2, 0.25) is 5.91 Å². The number of pyridine rings is 1. The minimum Gasteiger partial charge on any atom is -0.325 e. The predicted octanol–water partition coefficient (Wildman–Crippen LogP) is 4.68. The van der Waals surface area contributed by atoms with Crippen molar-refractivity contribution in [2.45, 2.75) is 19.0 Å². The summed E-state index contributed by atoms with van der Waals surface area (Å²) in [5.41, 5.74) is 5.04. The van der Waals surface area contributed by atoms with Crippen LogP contribution in [-0.4, -0.2) is 31.4 Å². The molecule has 4 rings (SSSR count). The van der Waals surface area contributed by atoms with Crippen LogP contribution >= 0.6 is 11.8 Å². The highest BCUT2D eigenvalue weighted by Crippen LogP contribution is 2.28. The van der Waals surface area contributed by atoms with Gasteiger partial charge < -0.3 is 5.32 Å². The second kappa shape index (κ2) is 8.92. The smallest absolute Gasteiger partial charge is 0.234 e. The monoisotopic (exact) mass is 415 g/mol. The van der Waals surface area contributed by atoms with Crippen LogP contribution in [-0.2, 0) is 4.79 Å². The maximum atomic E-state index is 12.4. The number of hydrogen-bond donors (Lipinski definition) is 1. The Balaban J connectivity index is 1.63. The number of aromatic nitrogens is 4. The number of para-hydroxylation sites is 1. The van der Waals surface area contributed by atoms with Gasteiger partial charge >= 0.3 is 0 Å². The van der Waals surface area contributed by atoms with Gasteiger partial charge in [0.1, 0.15) is 0 Å². The first-order valence-corrected chi connectivity index (χ1v) is 10.5. The lowest BCUT2D eigenvalue weighted by Crippen LogP contribution is -2.14. The number of nitrogens with zero attached hydrogens (tertiary/aromatic N) is 4. The average molecular weight is 416 g/mol. The van der Waals surface area contributed by atoms with Crippen LogP contribution in [0, 0.1) is 13.8 Å². The molecule has 0 saturated heterocycles. The van der Waals surface area contributed by atoms with E-state index in [1.54, 1.807) is 12.4 Å². The molecule has 30 heavy (non-hydrogen) atoms. The van der Waals surface area contributed by atoms with E-state index >= 15 is 0 Å². The zero-order valence-electron chi connectivity index (χ0n) is 16.7. The van der Waals surface area contributed by atoms with Crippen LogP contribution in [0.2, 0.25) is 0 Å². The Hall–Kier alpha value is -3.45. The predicted molar refractivity (Wildman–Crippen MR) is 120 cm³/mol. The molecule has 4 aromatic rings. The molecule has 0 radical (unpaired) electrons. The van der Waals surface area contributed by atoms with Crippen LogP contribution in [0.4, 0.5) is 5.69 Å². The van der Waals surface area contributed by atoms with Crippen molar-refractivity contribution < 1.29 is 4.79 Å². The fraction of sp³-hybridized carbons (Fsp3) is 0.130. The highest BCUT2D eigenvalue weighted by Gasteiger charge is 2.17. The van der Waals surface area contributed by atoms with Gasteiger partial charge in [-0.2, -0.15) is 0 Å². The highest BCUT2D eigenvalue weighted by molar-refractivity contribution is 7.99. The molecule has 2 aromatic heterocycles. The Labute approximate surface area is 179 Å². The van der Waals surface area contributed by atoms with Crippen molar-refractivity contribution in [2.75, 3.05) is 11.1 Å². The van der Waals surface area contributed by atoms with Crippen LogP contribution in [0.15, 0.2) is 78.2 Å². The summed E-state index contributed by atoms with van der Waals surface area (Å²) in [5.74, 6) is 0.853. The largest absolute Gasteiger partial charge is 0.325 e. The summed E-state index contributed by atoms with van der Waals surface area (Å²) in [6.45, 7) is 4.16. The number of aryl methyl sites for hydroxylation is 2. The van der Waals surface area contributed by atoms with E-state index in [-0.39, 0.29) is 11.7 Å². The molecule has 7 heteroatoms. The minimum atomic E-state index is -0.0914. The molecule has 0 saturated carbocycles. The second-order valence-corrected chi connectivity index (χ2v) is 7.79. The third-order valence-electron chi connectivity index (χ3n) is 4.71. The van der Waals surface area contributed by atoms with Crippen molar-refractivity contribution in [3.8, 4) is 17.1 Å². The first kappa shape index (κ1) is 19.8. The number of hydrogen-bond acceptors (Lipinski definition) is 5. The van der Waals surface area contributed by atoms with Gasteiger partial charge in [-0.1, -0.05) is 36.0 Å². The molecule has 0 unspecified atom stereocenters. The maximum Gasteiger partial charge on any atom is 0.234 e. The van der Waals surface area contributed by atoms with Gasteiger partial charge in [-0.15, -0.1) is 10.2 Å². The Morgan fingerprint density at radius 3 is 2.47 bits per heavy atom. The Bertz CT molecular complexity index is 1160. The van der Waals surface area contributed by atoms with Crippen LogP contribution in [0.5, 0.6) is 0 Å². The summed E-state index contributed by atoms with van der Waals surface area (Å²) >= 11 is 1.36. The van der Waals surface area contributed by atoms with E-state index in [0.29, 0.717) is 11.0 Å². The molecular formula is C23H21N5OS. The number of thioether (sulfide) groups is 1. The molecule has 0 bridgehead atoms. The first-order chi connectivity index (χ1) is 14.6. The molecule has 0 spiro atoms. The topological polar surface area (TPSA) is 72.7 Å². The molecule has 2 heterocycles. The van der Waals surface area contributed by atoms with E-state index in [2.05, 4.69) is 46.5 Å². The Morgan fingerprint density at radius 1 is 0.967 bits per heavy atom. The zero-order chi connectivity index (χ0) is 20.9. The second-order valence-electron chi connectivity index (χ2n) is 6.85. The highest BCUT2D eigenvalue weighted by atomic mass is 32.2. The molecule has 0 aliphatic carbocycles. The van der Waals surface area contributed by atoms with Gasteiger partial charge in [-0.05, 0) is 61.4 Å². The van der Waals surface area contributed by atoms with E-state index in [4.69, 9.17) is 0 Å². The van der Waals surface area contributed by atoms with Crippen molar-refractivity contribution in [1.29, 1.82) is 0 Å². The maximum absolute atomic E-state index is 12.4. The van der Waals surface area contributed by atoms with Gasteiger partial charge in [0.05, 0.1) is 11.4 Å². The number of carbonyl (C=O) groups excluding carboxylic acids is 1. The van der Waals surface area contributed by atoms with E-state index < -0.39 is 0 Å². The third-order valence-corrected chi connectivity index (χ3v) is 5.64. The summed E-state index contributed by atoms with van der Waals surface area (Å²) in [5, 5.41) is 12.3. The number of anilines is 1. The fourth-order valence-corrected chi connectivity index (χ4v) is 3.75. The van der Waals surface area contributed by atoms with E-state index in [1.165, 1.54) is 22.9 Å². The summed E-state index contributed by atoms with van der Waals surface area (Å²) in [6.07, 6.45) is 3.46. The molecule has 2 aromatic carbocycles. The molecule has 0 atom stereocenters. The molecule has 0 aliphatic rings. The Kier molecular flexibility index (Phi) is 5.90. The number of carbonyl (C=O) groups is 1. The molecule has 1 amide bonds. The van der Waals surface area contributed by atoms with Crippen molar-refractivity contribution in [3.63, 3.8) is 0 Å². The van der Waals surface area contributed by atoms with E-state index in [1.807, 2.05) is 53.1 Å². The number of amides is 1.